The van der Waals surface area contributed by atoms with Crippen molar-refractivity contribution >= 4 is 10.0 Å². The Bertz CT molecular complexity index is 773. The van der Waals surface area contributed by atoms with Crippen LogP contribution >= 0.6 is 0 Å². The molecule has 0 spiro atoms. The van der Waals surface area contributed by atoms with Crippen LogP contribution in [0.4, 0.5) is 0 Å². The maximum Gasteiger partial charge on any atom is 0.208 e. The van der Waals surface area contributed by atoms with Crippen molar-refractivity contribution in [2.75, 3.05) is 19.4 Å². The molecule has 2 N–H and O–H groups in total. The van der Waals surface area contributed by atoms with E-state index in [-0.39, 0.29) is 12.6 Å². The van der Waals surface area contributed by atoms with Crippen LogP contribution in [0.25, 0.3) is 0 Å². The third-order valence-corrected chi connectivity index (χ3v) is 5.42. The molecule has 6 nitrogen and oxygen atoms in total. The number of sulfonamides is 1. The molecule has 2 aromatic rings. The van der Waals surface area contributed by atoms with E-state index in [0.29, 0.717) is 19.7 Å². The van der Waals surface area contributed by atoms with Crippen molar-refractivity contribution in [1.82, 2.24) is 9.62 Å². The zero-order valence-corrected chi connectivity index (χ0v) is 16.2. The molecule has 0 unspecified atom stereocenters. The second-order valence-electron chi connectivity index (χ2n) is 6.93. The highest BCUT2D eigenvalue weighted by atomic mass is 32.2. The van der Waals surface area contributed by atoms with Crippen molar-refractivity contribution in [3.63, 3.8) is 0 Å². The number of aliphatic hydroxyl groups excluding tert-OH is 1. The van der Waals surface area contributed by atoms with E-state index in [2.05, 4.69) is 33.9 Å². The van der Waals surface area contributed by atoms with Gasteiger partial charge in [-0.05, 0) is 11.1 Å². The minimum absolute atomic E-state index is 0.0705. The lowest BCUT2D eigenvalue weighted by atomic mass is 10.0. The molecular formula is C20H26N2O4S. The Hall–Kier alpha value is -1.77. The predicted molar refractivity (Wildman–Crippen MR) is 105 cm³/mol. The Labute approximate surface area is 160 Å². The number of benzene rings is 2. The van der Waals surface area contributed by atoms with Crippen LogP contribution in [0.5, 0.6) is 0 Å². The maximum atomic E-state index is 11.3. The number of hydrogen-bond donors (Lipinski definition) is 2. The fourth-order valence-corrected chi connectivity index (χ4v) is 3.80. The van der Waals surface area contributed by atoms with Crippen LogP contribution in [-0.2, 0) is 27.8 Å². The van der Waals surface area contributed by atoms with Gasteiger partial charge in [-0.2, -0.15) is 0 Å². The van der Waals surface area contributed by atoms with E-state index in [4.69, 9.17) is 4.74 Å². The molecule has 0 saturated carbocycles. The van der Waals surface area contributed by atoms with E-state index < -0.39 is 22.2 Å². The summed E-state index contributed by atoms with van der Waals surface area (Å²) >= 11 is 0. The Kier molecular flexibility index (Phi) is 6.62. The Morgan fingerprint density at radius 3 is 2.04 bits per heavy atom. The number of rotatable bonds is 8. The third-order valence-electron chi connectivity index (χ3n) is 4.73. The van der Waals surface area contributed by atoms with E-state index in [1.54, 1.807) is 0 Å². The SMILES string of the molecule is CS(=O)(=O)NC[C@H]1OC[C@@H](N(Cc2ccccc2)Cc2ccccc2)[C@@H]1O. The third kappa shape index (κ3) is 5.85. The Morgan fingerprint density at radius 2 is 1.56 bits per heavy atom. The van der Waals surface area contributed by atoms with Crippen LogP contribution in [0.1, 0.15) is 11.1 Å². The minimum Gasteiger partial charge on any atom is -0.389 e. The van der Waals surface area contributed by atoms with Crippen LogP contribution in [0.3, 0.4) is 0 Å². The van der Waals surface area contributed by atoms with Gasteiger partial charge in [0.15, 0.2) is 0 Å². The summed E-state index contributed by atoms with van der Waals surface area (Å²) in [6.45, 7) is 1.78. The second-order valence-corrected chi connectivity index (χ2v) is 8.76. The number of nitrogens with zero attached hydrogens (tertiary/aromatic N) is 1. The fourth-order valence-electron chi connectivity index (χ4n) is 3.33. The zero-order valence-electron chi connectivity index (χ0n) is 15.4. The normalized spacial score (nSPS) is 23.0. The molecule has 0 aromatic heterocycles. The van der Waals surface area contributed by atoms with Crippen molar-refractivity contribution in [2.24, 2.45) is 0 Å². The van der Waals surface area contributed by atoms with Crippen LogP contribution < -0.4 is 4.72 Å². The second kappa shape index (κ2) is 8.95. The number of aliphatic hydroxyl groups is 1. The molecule has 7 heteroatoms. The van der Waals surface area contributed by atoms with E-state index in [1.165, 1.54) is 0 Å². The highest BCUT2D eigenvalue weighted by molar-refractivity contribution is 7.88. The number of ether oxygens (including phenoxy) is 1. The van der Waals surface area contributed by atoms with Crippen molar-refractivity contribution in [2.45, 2.75) is 31.3 Å². The lowest BCUT2D eigenvalue weighted by Crippen LogP contribution is -2.46. The van der Waals surface area contributed by atoms with E-state index in [1.807, 2.05) is 36.4 Å². The quantitative estimate of drug-likeness (QED) is 0.712. The topological polar surface area (TPSA) is 78.9 Å². The molecule has 1 aliphatic rings. The van der Waals surface area contributed by atoms with Crippen LogP contribution in [0, 0.1) is 0 Å². The van der Waals surface area contributed by atoms with Crippen LogP contribution in [-0.4, -0.2) is 56.1 Å². The lowest BCUT2D eigenvalue weighted by molar-refractivity contribution is 0.0330. The molecule has 3 rings (SSSR count). The van der Waals surface area contributed by atoms with Gasteiger partial charge in [0.1, 0.15) is 0 Å². The Morgan fingerprint density at radius 1 is 1.04 bits per heavy atom. The number of hydrogen-bond acceptors (Lipinski definition) is 5. The molecule has 1 fully saturated rings. The summed E-state index contributed by atoms with van der Waals surface area (Å²) < 4.78 is 30.8. The van der Waals surface area contributed by atoms with Crippen molar-refractivity contribution < 1.29 is 18.3 Å². The first-order chi connectivity index (χ1) is 12.9. The van der Waals surface area contributed by atoms with Gasteiger partial charge in [0.2, 0.25) is 10.0 Å². The molecule has 146 valence electrons. The molecule has 0 radical (unpaired) electrons. The summed E-state index contributed by atoms with van der Waals surface area (Å²) in [5.41, 5.74) is 2.30. The predicted octanol–water partition coefficient (Wildman–Crippen LogP) is 1.37. The molecule has 1 aliphatic heterocycles. The van der Waals surface area contributed by atoms with Gasteiger partial charge in [0, 0.05) is 19.6 Å². The molecule has 3 atom stereocenters. The molecule has 0 amide bonds. The van der Waals surface area contributed by atoms with Gasteiger partial charge in [-0.25, -0.2) is 13.1 Å². The summed E-state index contributed by atoms with van der Waals surface area (Å²) in [7, 11) is -3.32. The first-order valence-electron chi connectivity index (χ1n) is 8.98. The molecule has 0 aliphatic carbocycles. The summed E-state index contributed by atoms with van der Waals surface area (Å²) in [4.78, 5) is 2.19. The molecular weight excluding hydrogens is 364 g/mol. The monoisotopic (exact) mass is 390 g/mol. The fraction of sp³-hybridized carbons (Fsp3) is 0.400. The Balaban J connectivity index is 1.73. The van der Waals surface area contributed by atoms with Gasteiger partial charge >= 0.3 is 0 Å². The van der Waals surface area contributed by atoms with Gasteiger partial charge in [-0.15, -0.1) is 0 Å². The van der Waals surface area contributed by atoms with Crippen LogP contribution in [0.2, 0.25) is 0 Å². The largest absolute Gasteiger partial charge is 0.389 e. The standard InChI is InChI=1S/C20H26N2O4S/c1-27(24,25)21-12-19-20(23)18(15-26-19)22(13-16-8-4-2-5-9-16)14-17-10-6-3-7-11-17/h2-11,18-21,23H,12-15H2,1H3/t18-,19-,20+/m1/s1. The van der Waals surface area contributed by atoms with Gasteiger partial charge in [-0.1, -0.05) is 60.7 Å². The van der Waals surface area contributed by atoms with E-state index >= 15 is 0 Å². The lowest BCUT2D eigenvalue weighted by Gasteiger charge is -2.31. The van der Waals surface area contributed by atoms with Crippen molar-refractivity contribution in [1.29, 1.82) is 0 Å². The molecule has 0 bridgehead atoms. The first kappa shape index (κ1) is 20.0. The maximum absolute atomic E-state index is 11.3. The average Bonchev–Trinajstić information content (AvgIpc) is 3.01. The average molecular weight is 391 g/mol. The van der Waals surface area contributed by atoms with E-state index in [9.17, 15) is 13.5 Å². The van der Waals surface area contributed by atoms with Crippen molar-refractivity contribution in [3.05, 3.63) is 71.8 Å². The van der Waals surface area contributed by atoms with E-state index in [0.717, 1.165) is 17.4 Å². The first-order valence-corrected chi connectivity index (χ1v) is 10.9. The minimum atomic E-state index is -3.32. The van der Waals surface area contributed by atoms with Gasteiger partial charge in [-0.3, -0.25) is 4.90 Å². The number of nitrogens with one attached hydrogen (secondary N) is 1. The highest BCUT2D eigenvalue weighted by Gasteiger charge is 2.39. The van der Waals surface area contributed by atoms with Gasteiger partial charge in [0.05, 0.1) is 31.1 Å². The molecule has 1 saturated heterocycles. The molecule has 27 heavy (non-hydrogen) atoms. The van der Waals surface area contributed by atoms with Crippen molar-refractivity contribution in [3.8, 4) is 0 Å². The summed E-state index contributed by atoms with van der Waals surface area (Å²) in [6, 6.07) is 20.0. The highest BCUT2D eigenvalue weighted by Crippen LogP contribution is 2.23. The molecule has 2 aromatic carbocycles. The van der Waals surface area contributed by atoms with Crippen LogP contribution in [0.15, 0.2) is 60.7 Å². The zero-order chi connectivity index (χ0) is 19.3. The van der Waals surface area contributed by atoms with Gasteiger partial charge in [0.25, 0.3) is 0 Å². The summed E-state index contributed by atoms with van der Waals surface area (Å²) in [6.07, 6.45) is -0.228. The summed E-state index contributed by atoms with van der Waals surface area (Å²) in [5, 5.41) is 10.8. The molecule has 1 heterocycles. The van der Waals surface area contributed by atoms with Gasteiger partial charge < -0.3 is 9.84 Å². The summed E-state index contributed by atoms with van der Waals surface area (Å²) in [5.74, 6) is 0. The smallest absolute Gasteiger partial charge is 0.208 e.